The van der Waals surface area contributed by atoms with E-state index in [1.165, 1.54) is 18.2 Å². The molecule has 1 amide bonds. The number of aromatic amines is 1. The number of aromatic nitrogens is 2. The van der Waals surface area contributed by atoms with Crippen LogP contribution in [0.25, 0.3) is 0 Å². The second-order valence-corrected chi connectivity index (χ2v) is 3.59. The van der Waals surface area contributed by atoms with Gasteiger partial charge in [-0.1, -0.05) is 0 Å². The van der Waals surface area contributed by atoms with Crippen molar-refractivity contribution < 1.29 is 14.3 Å². The number of carbonyl (C=O) groups is 2. The van der Waals surface area contributed by atoms with Crippen molar-refractivity contribution in [3.05, 3.63) is 11.9 Å². The molecule has 0 spiro atoms. The number of anilines is 1. The number of esters is 1. The van der Waals surface area contributed by atoms with Gasteiger partial charge in [-0.3, -0.25) is 9.89 Å². The SMILES string of the molecule is COC(=O)c1[nH]ncc1N1CC(N)CC1=O. The van der Waals surface area contributed by atoms with Gasteiger partial charge in [0.05, 0.1) is 19.0 Å². The molecule has 1 fully saturated rings. The van der Waals surface area contributed by atoms with E-state index in [4.69, 9.17) is 5.73 Å². The first-order chi connectivity index (χ1) is 7.63. The van der Waals surface area contributed by atoms with Crippen LogP contribution in [0.4, 0.5) is 5.69 Å². The Balaban J connectivity index is 2.31. The minimum Gasteiger partial charge on any atom is -0.464 e. The zero-order valence-electron chi connectivity index (χ0n) is 8.77. The quantitative estimate of drug-likeness (QED) is 0.644. The van der Waals surface area contributed by atoms with Crippen LogP contribution in [0.2, 0.25) is 0 Å². The molecule has 0 bridgehead atoms. The molecule has 2 rings (SSSR count). The van der Waals surface area contributed by atoms with E-state index >= 15 is 0 Å². The number of ether oxygens (including phenoxy) is 1. The Morgan fingerprint density at radius 1 is 1.75 bits per heavy atom. The van der Waals surface area contributed by atoms with Crippen LogP contribution in [0.5, 0.6) is 0 Å². The maximum atomic E-state index is 11.6. The lowest BCUT2D eigenvalue weighted by molar-refractivity contribution is -0.117. The molecule has 2 heterocycles. The van der Waals surface area contributed by atoms with Gasteiger partial charge in [-0.05, 0) is 0 Å². The molecular formula is C9H12N4O3. The highest BCUT2D eigenvalue weighted by Crippen LogP contribution is 2.23. The number of H-pyrrole nitrogens is 1. The molecule has 1 aliphatic heterocycles. The molecule has 1 unspecified atom stereocenters. The lowest BCUT2D eigenvalue weighted by atomic mass is 10.3. The standard InChI is InChI=1S/C9H12N4O3/c1-16-9(15)8-6(3-11-12-8)13-4-5(10)2-7(13)14/h3,5H,2,4,10H2,1H3,(H,11,12). The van der Waals surface area contributed by atoms with Gasteiger partial charge < -0.3 is 15.4 Å². The molecule has 0 aliphatic carbocycles. The number of hydrogen-bond donors (Lipinski definition) is 2. The van der Waals surface area contributed by atoms with Crippen LogP contribution in [-0.4, -0.2) is 41.8 Å². The lowest BCUT2D eigenvalue weighted by Crippen LogP contribution is -2.29. The summed E-state index contributed by atoms with van der Waals surface area (Å²) in [5, 5.41) is 6.24. The third kappa shape index (κ3) is 1.65. The summed E-state index contributed by atoms with van der Waals surface area (Å²) < 4.78 is 4.58. The maximum Gasteiger partial charge on any atom is 0.358 e. The molecule has 86 valence electrons. The van der Waals surface area contributed by atoms with Crippen LogP contribution in [0, 0.1) is 0 Å². The Morgan fingerprint density at radius 2 is 2.50 bits per heavy atom. The molecule has 1 aliphatic rings. The molecule has 0 radical (unpaired) electrons. The van der Waals surface area contributed by atoms with Crippen molar-refractivity contribution >= 4 is 17.6 Å². The lowest BCUT2D eigenvalue weighted by Gasteiger charge is -2.14. The van der Waals surface area contributed by atoms with Crippen molar-refractivity contribution in [2.24, 2.45) is 5.73 Å². The van der Waals surface area contributed by atoms with E-state index in [-0.39, 0.29) is 24.1 Å². The number of rotatable bonds is 2. The van der Waals surface area contributed by atoms with Gasteiger partial charge >= 0.3 is 5.97 Å². The van der Waals surface area contributed by atoms with E-state index in [1.54, 1.807) is 0 Å². The summed E-state index contributed by atoms with van der Waals surface area (Å²) >= 11 is 0. The predicted octanol–water partition coefficient (Wildman–Crippen LogP) is -0.740. The number of methoxy groups -OCH3 is 1. The monoisotopic (exact) mass is 224 g/mol. The molecule has 7 heteroatoms. The third-order valence-electron chi connectivity index (χ3n) is 2.45. The molecule has 0 aromatic carbocycles. The topological polar surface area (TPSA) is 101 Å². The molecule has 3 N–H and O–H groups in total. The highest BCUT2D eigenvalue weighted by Gasteiger charge is 2.31. The number of nitrogens with zero attached hydrogens (tertiary/aromatic N) is 2. The van der Waals surface area contributed by atoms with Crippen LogP contribution in [0.1, 0.15) is 16.9 Å². The Hall–Kier alpha value is -1.89. The van der Waals surface area contributed by atoms with E-state index in [0.29, 0.717) is 12.2 Å². The van der Waals surface area contributed by atoms with Gasteiger partial charge in [0.25, 0.3) is 0 Å². The average Bonchev–Trinajstić information content (AvgIpc) is 2.83. The predicted molar refractivity (Wildman–Crippen MR) is 54.9 cm³/mol. The molecular weight excluding hydrogens is 212 g/mol. The van der Waals surface area contributed by atoms with E-state index < -0.39 is 5.97 Å². The van der Waals surface area contributed by atoms with Crippen LogP contribution < -0.4 is 10.6 Å². The van der Waals surface area contributed by atoms with Crippen molar-refractivity contribution in [3.8, 4) is 0 Å². The molecule has 1 aromatic heterocycles. The van der Waals surface area contributed by atoms with Gasteiger partial charge in [0.2, 0.25) is 5.91 Å². The van der Waals surface area contributed by atoms with Gasteiger partial charge in [-0.25, -0.2) is 4.79 Å². The molecule has 1 atom stereocenters. The highest BCUT2D eigenvalue weighted by atomic mass is 16.5. The molecule has 7 nitrogen and oxygen atoms in total. The summed E-state index contributed by atoms with van der Waals surface area (Å²) in [5.74, 6) is -0.667. The summed E-state index contributed by atoms with van der Waals surface area (Å²) in [6.45, 7) is 0.391. The number of carbonyl (C=O) groups excluding carboxylic acids is 2. The Bertz CT molecular complexity index is 428. The Kier molecular flexibility index (Phi) is 2.61. The van der Waals surface area contributed by atoms with Gasteiger partial charge in [0.1, 0.15) is 0 Å². The zero-order chi connectivity index (χ0) is 11.7. The number of hydrogen-bond acceptors (Lipinski definition) is 5. The van der Waals surface area contributed by atoms with E-state index in [2.05, 4.69) is 14.9 Å². The number of amides is 1. The van der Waals surface area contributed by atoms with Crippen molar-refractivity contribution in [2.45, 2.75) is 12.5 Å². The number of nitrogens with one attached hydrogen (secondary N) is 1. The van der Waals surface area contributed by atoms with Crippen molar-refractivity contribution in [3.63, 3.8) is 0 Å². The van der Waals surface area contributed by atoms with E-state index in [9.17, 15) is 9.59 Å². The summed E-state index contributed by atoms with van der Waals surface area (Å²) in [4.78, 5) is 24.4. The fraction of sp³-hybridized carbons (Fsp3) is 0.444. The van der Waals surface area contributed by atoms with Gasteiger partial charge in [0, 0.05) is 19.0 Å². The van der Waals surface area contributed by atoms with Crippen molar-refractivity contribution in [1.29, 1.82) is 0 Å². The van der Waals surface area contributed by atoms with Crippen LogP contribution in [-0.2, 0) is 9.53 Å². The first kappa shape index (κ1) is 10.6. The molecule has 1 saturated heterocycles. The van der Waals surface area contributed by atoms with Gasteiger partial charge in [0.15, 0.2) is 5.69 Å². The van der Waals surface area contributed by atoms with Gasteiger partial charge in [-0.15, -0.1) is 0 Å². The fourth-order valence-electron chi connectivity index (χ4n) is 1.70. The highest BCUT2D eigenvalue weighted by molar-refractivity contribution is 6.02. The fourth-order valence-corrected chi connectivity index (χ4v) is 1.70. The number of nitrogens with two attached hydrogens (primary N) is 1. The zero-order valence-corrected chi connectivity index (χ0v) is 8.77. The normalized spacial score (nSPS) is 20.2. The molecule has 1 aromatic rings. The van der Waals surface area contributed by atoms with E-state index in [0.717, 1.165) is 0 Å². The average molecular weight is 224 g/mol. The van der Waals surface area contributed by atoms with Crippen LogP contribution in [0.15, 0.2) is 6.20 Å². The first-order valence-corrected chi connectivity index (χ1v) is 4.81. The first-order valence-electron chi connectivity index (χ1n) is 4.81. The maximum absolute atomic E-state index is 11.6. The van der Waals surface area contributed by atoms with Crippen molar-refractivity contribution in [2.75, 3.05) is 18.6 Å². The Morgan fingerprint density at radius 3 is 3.06 bits per heavy atom. The summed E-state index contributed by atoms with van der Waals surface area (Å²) in [6.07, 6.45) is 1.70. The van der Waals surface area contributed by atoms with Crippen molar-refractivity contribution in [1.82, 2.24) is 10.2 Å². The summed E-state index contributed by atoms with van der Waals surface area (Å²) in [7, 11) is 1.27. The molecule has 0 saturated carbocycles. The minimum absolute atomic E-state index is 0.112. The molecule has 16 heavy (non-hydrogen) atoms. The summed E-state index contributed by atoms with van der Waals surface area (Å²) in [5.41, 5.74) is 6.26. The smallest absolute Gasteiger partial charge is 0.358 e. The minimum atomic E-state index is -0.555. The third-order valence-corrected chi connectivity index (χ3v) is 2.45. The Labute approximate surface area is 91.5 Å². The summed E-state index contributed by atoms with van der Waals surface area (Å²) in [6, 6.07) is -0.201. The largest absolute Gasteiger partial charge is 0.464 e. The van der Waals surface area contributed by atoms with Crippen LogP contribution in [0.3, 0.4) is 0 Å². The van der Waals surface area contributed by atoms with Gasteiger partial charge in [-0.2, -0.15) is 5.10 Å². The van der Waals surface area contributed by atoms with E-state index in [1.807, 2.05) is 0 Å². The second kappa shape index (κ2) is 3.93. The second-order valence-electron chi connectivity index (χ2n) is 3.59. The van der Waals surface area contributed by atoms with Crippen LogP contribution >= 0.6 is 0 Å².